The second-order valence-electron chi connectivity index (χ2n) is 5.36. The van der Waals surface area contributed by atoms with Crippen LogP contribution in [-0.4, -0.2) is 37.9 Å². The van der Waals surface area contributed by atoms with Gasteiger partial charge < -0.3 is 15.4 Å². The molecule has 1 saturated carbocycles. The van der Waals surface area contributed by atoms with Crippen LogP contribution in [0, 0.1) is 5.92 Å². The zero-order valence-electron chi connectivity index (χ0n) is 10.7. The highest BCUT2D eigenvalue weighted by Crippen LogP contribution is 2.22. The molecule has 0 bridgehead atoms. The predicted molar refractivity (Wildman–Crippen MR) is 66.6 cm³/mol. The lowest BCUT2D eigenvalue weighted by Crippen LogP contribution is -2.40. The van der Waals surface area contributed by atoms with Gasteiger partial charge in [0.25, 0.3) is 0 Å². The van der Waals surface area contributed by atoms with Crippen LogP contribution >= 0.6 is 0 Å². The van der Waals surface area contributed by atoms with E-state index in [0.717, 1.165) is 38.1 Å². The molecule has 0 aromatic carbocycles. The van der Waals surface area contributed by atoms with Gasteiger partial charge in [-0.05, 0) is 38.5 Å². The SMILES string of the molecule is CCC1OCCC1CNC(C)CNC1CC1. The lowest BCUT2D eigenvalue weighted by Gasteiger charge is -2.21. The van der Waals surface area contributed by atoms with Crippen molar-refractivity contribution < 1.29 is 4.74 Å². The minimum atomic E-state index is 0.496. The number of hydrogen-bond acceptors (Lipinski definition) is 3. The van der Waals surface area contributed by atoms with Crippen LogP contribution < -0.4 is 10.6 Å². The standard InChI is InChI=1S/C13H26N2O/c1-3-13-11(6-7-16-13)9-14-10(2)8-15-12-4-5-12/h10-15H,3-9H2,1-2H3. The Kier molecular flexibility index (Phi) is 4.62. The van der Waals surface area contributed by atoms with Gasteiger partial charge in [0, 0.05) is 31.8 Å². The second-order valence-corrected chi connectivity index (χ2v) is 5.36. The van der Waals surface area contributed by atoms with Crippen molar-refractivity contribution in [3.8, 4) is 0 Å². The molecule has 3 heteroatoms. The van der Waals surface area contributed by atoms with Gasteiger partial charge in [-0.25, -0.2) is 0 Å². The summed E-state index contributed by atoms with van der Waals surface area (Å²) in [4.78, 5) is 0. The van der Waals surface area contributed by atoms with E-state index in [1.807, 2.05) is 0 Å². The Hall–Kier alpha value is -0.120. The van der Waals surface area contributed by atoms with Crippen LogP contribution in [0.1, 0.15) is 39.5 Å². The van der Waals surface area contributed by atoms with Gasteiger partial charge in [0.2, 0.25) is 0 Å². The van der Waals surface area contributed by atoms with Crippen molar-refractivity contribution in [3.05, 3.63) is 0 Å². The molecule has 1 aliphatic heterocycles. The Balaban J connectivity index is 1.57. The van der Waals surface area contributed by atoms with Crippen molar-refractivity contribution in [1.82, 2.24) is 10.6 Å². The molecule has 3 atom stereocenters. The van der Waals surface area contributed by atoms with Gasteiger partial charge in [-0.1, -0.05) is 6.92 Å². The third-order valence-corrected chi connectivity index (χ3v) is 3.77. The highest BCUT2D eigenvalue weighted by atomic mass is 16.5. The molecule has 3 unspecified atom stereocenters. The molecule has 3 nitrogen and oxygen atoms in total. The molecule has 1 heterocycles. The summed E-state index contributed by atoms with van der Waals surface area (Å²) in [6.07, 6.45) is 5.63. The minimum Gasteiger partial charge on any atom is -0.378 e. The molecule has 16 heavy (non-hydrogen) atoms. The number of nitrogens with one attached hydrogen (secondary N) is 2. The van der Waals surface area contributed by atoms with Gasteiger partial charge in [0.15, 0.2) is 0 Å². The summed E-state index contributed by atoms with van der Waals surface area (Å²) in [7, 11) is 0. The average molecular weight is 226 g/mol. The number of rotatable bonds is 7. The number of hydrogen-bond donors (Lipinski definition) is 2. The lowest BCUT2D eigenvalue weighted by molar-refractivity contribution is 0.0867. The molecule has 0 amide bonds. The molecule has 0 spiro atoms. The summed E-state index contributed by atoms with van der Waals surface area (Å²) in [5.41, 5.74) is 0. The van der Waals surface area contributed by atoms with Crippen LogP contribution in [0.15, 0.2) is 0 Å². The van der Waals surface area contributed by atoms with Crippen molar-refractivity contribution in [1.29, 1.82) is 0 Å². The van der Waals surface area contributed by atoms with E-state index in [0.29, 0.717) is 12.1 Å². The average Bonchev–Trinajstić information content (AvgIpc) is 3.01. The van der Waals surface area contributed by atoms with Crippen LogP contribution in [0.4, 0.5) is 0 Å². The zero-order chi connectivity index (χ0) is 11.4. The summed E-state index contributed by atoms with van der Waals surface area (Å²) in [5.74, 6) is 0.730. The Morgan fingerprint density at radius 1 is 1.31 bits per heavy atom. The van der Waals surface area contributed by atoms with E-state index in [1.165, 1.54) is 19.3 Å². The summed E-state index contributed by atoms with van der Waals surface area (Å²) in [6.45, 7) is 7.67. The summed E-state index contributed by atoms with van der Waals surface area (Å²) >= 11 is 0. The third kappa shape index (κ3) is 3.72. The molecule has 0 radical (unpaired) electrons. The molecule has 94 valence electrons. The first-order valence-corrected chi connectivity index (χ1v) is 6.88. The van der Waals surface area contributed by atoms with Crippen LogP contribution in [0.2, 0.25) is 0 Å². The van der Waals surface area contributed by atoms with Crippen LogP contribution in [-0.2, 0) is 4.74 Å². The van der Waals surface area contributed by atoms with Gasteiger partial charge in [-0.2, -0.15) is 0 Å². The summed E-state index contributed by atoms with van der Waals surface area (Å²) in [6, 6.07) is 1.40. The molecule has 2 fully saturated rings. The van der Waals surface area contributed by atoms with Crippen LogP contribution in [0.3, 0.4) is 0 Å². The maximum atomic E-state index is 5.70. The van der Waals surface area contributed by atoms with E-state index in [-0.39, 0.29) is 0 Å². The minimum absolute atomic E-state index is 0.496. The molecular formula is C13H26N2O. The highest BCUT2D eigenvalue weighted by molar-refractivity contribution is 4.83. The van der Waals surface area contributed by atoms with E-state index < -0.39 is 0 Å². The maximum absolute atomic E-state index is 5.70. The van der Waals surface area contributed by atoms with E-state index in [4.69, 9.17) is 4.74 Å². The Morgan fingerprint density at radius 3 is 2.81 bits per heavy atom. The predicted octanol–water partition coefficient (Wildman–Crippen LogP) is 1.53. The monoisotopic (exact) mass is 226 g/mol. The fourth-order valence-corrected chi connectivity index (χ4v) is 2.43. The molecule has 1 aliphatic carbocycles. The van der Waals surface area contributed by atoms with Crippen molar-refractivity contribution in [2.75, 3.05) is 19.7 Å². The summed E-state index contributed by atoms with van der Waals surface area (Å²) < 4.78 is 5.70. The van der Waals surface area contributed by atoms with E-state index in [9.17, 15) is 0 Å². The first-order valence-electron chi connectivity index (χ1n) is 6.88. The van der Waals surface area contributed by atoms with Crippen LogP contribution in [0.5, 0.6) is 0 Å². The Bertz CT molecular complexity index is 206. The van der Waals surface area contributed by atoms with Gasteiger partial charge in [0.1, 0.15) is 0 Å². The molecule has 2 rings (SSSR count). The highest BCUT2D eigenvalue weighted by Gasteiger charge is 2.26. The van der Waals surface area contributed by atoms with E-state index in [2.05, 4.69) is 24.5 Å². The first kappa shape index (κ1) is 12.3. The van der Waals surface area contributed by atoms with Gasteiger partial charge in [0.05, 0.1) is 6.10 Å². The van der Waals surface area contributed by atoms with Gasteiger partial charge in [-0.15, -0.1) is 0 Å². The van der Waals surface area contributed by atoms with Crippen molar-refractivity contribution >= 4 is 0 Å². The largest absolute Gasteiger partial charge is 0.378 e. The Labute approximate surface area is 99.3 Å². The Morgan fingerprint density at radius 2 is 2.12 bits per heavy atom. The lowest BCUT2D eigenvalue weighted by atomic mass is 9.99. The smallest absolute Gasteiger partial charge is 0.0613 e. The third-order valence-electron chi connectivity index (χ3n) is 3.77. The maximum Gasteiger partial charge on any atom is 0.0613 e. The molecule has 0 aromatic heterocycles. The summed E-state index contributed by atoms with van der Waals surface area (Å²) in [5, 5.41) is 7.19. The van der Waals surface area contributed by atoms with E-state index in [1.54, 1.807) is 0 Å². The van der Waals surface area contributed by atoms with Crippen molar-refractivity contribution in [3.63, 3.8) is 0 Å². The zero-order valence-corrected chi connectivity index (χ0v) is 10.7. The molecular weight excluding hydrogens is 200 g/mol. The first-order chi connectivity index (χ1) is 7.79. The molecule has 1 saturated heterocycles. The van der Waals surface area contributed by atoms with Crippen LogP contribution in [0.25, 0.3) is 0 Å². The van der Waals surface area contributed by atoms with Crippen molar-refractivity contribution in [2.45, 2.75) is 57.7 Å². The van der Waals surface area contributed by atoms with Gasteiger partial charge in [-0.3, -0.25) is 0 Å². The number of ether oxygens (including phenoxy) is 1. The van der Waals surface area contributed by atoms with Gasteiger partial charge >= 0.3 is 0 Å². The quantitative estimate of drug-likeness (QED) is 0.691. The van der Waals surface area contributed by atoms with Crippen molar-refractivity contribution in [2.24, 2.45) is 5.92 Å². The molecule has 2 aliphatic rings. The second kappa shape index (κ2) is 5.99. The fraction of sp³-hybridized carbons (Fsp3) is 1.00. The molecule has 2 N–H and O–H groups in total. The fourth-order valence-electron chi connectivity index (χ4n) is 2.43. The molecule has 0 aromatic rings. The topological polar surface area (TPSA) is 33.3 Å². The normalized spacial score (nSPS) is 31.9. The van der Waals surface area contributed by atoms with E-state index >= 15 is 0 Å².